The third-order valence-corrected chi connectivity index (χ3v) is 4.05. The first-order valence-corrected chi connectivity index (χ1v) is 7.54. The summed E-state index contributed by atoms with van der Waals surface area (Å²) < 4.78 is 1.81. The number of aromatic nitrogens is 2. The lowest BCUT2D eigenvalue weighted by atomic mass is 10.1. The van der Waals surface area contributed by atoms with Gasteiger partial charge in [-0.2, -0.15) is 5.10 Å². The van der Waals surface area contributed by atoms with Gasteiger partial charge in [0, 0.05) is 25.7 Å². The average Bonchev–Trinajstić information content (AvgIpc) is 3.21. The van der Waals surface area contributed by atoms with Crippen LogP contribution in [0.3, 0.4) is 0 Å². The Balaban J connectivity index is 1.38. The SMILES string of the molecule is Cn1cc(CCCNC(=O)[C@@H]2C[C@H]2c2ccccc2)cn1. The van der Waals surface area contributed by atoms with E-state index in [-0.39, 0.29) is 11.8 Å². The summed E-state index contributed by atoms with van der Waals surface area (Å²) in [5.74, 6) is 0.797. The summed E-state index contributed by atoms with van der Waals surface area (Å²) in [7, 11) is 1.92. The molecule has 1 N–H and O–H groups in total. The topological polar surface area (TPSA) is 46.9 Å². The maximum atomic E-state index is 12.1. The second kappa shape index (κ2) is 6.12. The molecule has 110 valence electrons. The van der Waals surface area contributed by atoms with Crippen molar-refractivity contribution in [1.29, 1.82) is 0 Å². The monoisotopic (exact) mass is 283 g/mol. The van der Waals surface area contributed by atoms with Gasteiger partial charge in [0.15, 0.2) is 0 Å². The minimum atomic E-state index is 0.172. The van der Waals surface area contributed by atoms with E-state index in [1.54, 1.807) is 0 Å². The number of amides is 1. The highest BCUT2D eigenvalue weighted by molar-refractivity contribution is 5.82. The standard InChI is InChI=1S/C17H21N3O/c1-20-12-13(11-19-20)6-5-9-18-17(21)16-10-15(16)14-7-3-2-4-8-14/h2-4,7-8,11-12,15-16H,5-6,9-10H2,1H3,(H,18,21)/t15-,16+/m0/s1. The van der Waals surface area contributed by atoms with E-state index >= 15 is 0 Å². The van der Waals surface area contributed by atoms with Crippen LogP contribution in [-0.4, -0.2) is 22.2 Å². The number of carbonyl (C=O) groups excluding carboxylic acids is 1. The van der Waals surface area contributed by atoms with Crippen LogP contribution in [0.4, 0.5) is 0 Å². The van der Waals surface area contributed by atoms with Gasteiger partial charge in [-0.25, -0.2) is 0 Å². The molecule has 1 saturated carbocycles. The third kappa shape index (κ3) is 3.51. The molecule has 1 aliphatic carbocycles. The average molecular weight is 283 g/mol. The maximum Gasteiger partial charge on any atom is 0.223 e. The lowest BCUT2D eigenvalue weighted by Crippen LogP contribution is -2.26. The van der Waals surface area contributed by atoms with E-state index in [0.29, 0.717) is 5.92 Å². The van der Waals surface area contributed by atoms with Crippen molar-refractivity contribution in [2.75, 3.05) is 6.54 Å². The van der Waals surface area contributed by atoms with Crippen molar-refractivity contribution in [2.24, 2.45) is 13.0 Å². The minimum Gasteiger partial charge on any atom is -0.356 e. The summed E-state index contributed by atoms with van der Waals surface area (Å²) in [6, 6.07) is 10.3. The third-order valence-electron chi connectivity index (χ3n) is 4.05. The van der Waals surface area contributed by atoms with Gasteiger partial charge in [0.05, 0.1) is 6.20 Å². The number of carbonyl (C=O) groups is 1. The van der Waals surface area contributed by atoms with Gasteiger partial charge in [-0.1, -0.05) is 30.3 Å². The molecule has 1 heterocycles. The van der Waals surface area contributed by atoms with E-state index in [0.717, 1.165) is 25.8 Å². The molecule has 0 saturated heterocycles. The molecule has 4 nitrogen and oxygen atoms in total. The summed E-state index contributed by atoms with van der Waals surface area (Å²) in [6.07, 6.45) is 6.81. The summed E-state index contributed by atoms with van der Waals surface area (Å²) in [5.41, 5.74) is 2.51. The Kier molecular flexibility index (Phi) is 4.04. The van der Waals surface area contributed by atoms with E-state index in [4.69, 9.17) is 0 Å². The van der Waals surface area contributed by atoms with Gasteiger partial charge in [0.1, 0.15) is 0 Å². The van der Waals surface area contributed by atoms with Crippen molar-refractivity contribution in [2.45, 2.75) is 25.2 Å². The Morgan fingerprint density at radius 2 is 2.19 bits per heavy atom. The van der Waals surface area contributed by atoms with E-state index in [9.17, 15) is 4.79 Å². The van der Waals surface area contributed by atoms with Crippen LogP contribution in [0.1, 0.15) is 29.9 Å². The second-order valence-electron chi connectivity index (χ2n) is 5.78. The van der Waals surface area contributed by atoms with E-state index < -0.39 is 0 Å². The quantitative estimate of drug-likeness (QED) is 0.827. The summed E-state index contributed by atoms with van der Waals surface area (Å²) >= 11 is 0. The van der Waals surface area contributed by atoms with Crippen molar-refractivity contribution in [3.05, 3.63) is 53.9 Å². The molecule has 21 heavy (non-hydrogen) atoms. The molecule has 0 unspecified atom stereocenters. The van der Waals surface area contributed by atoms with Gasteiger partial charge in [-0.05, 0) is 36.3 Å². The van der Waals surface area contributed by atoms with Crippen molar-refractivity contribution in [1.82, 2.24) is 15.1 Å². The van der Waals surface area contributed by atoms with E-state index in [1.165, 1.54) is 11.1 Å². The van der Waals surface area contributed by atoms with Crippen molar-refractivity contribution in [3.63, 3.8) is 0 Å². The smallest absolute Gasteiger partial charge is 0.223 e. The summed E-state index contributed by atoms with van der Waals surface area (Å²) in [5, 5.41) is 7.20. The minimum absolute atomic E-state index is 0.172. The van der Waals surface area contributed by atoms with Gasteiger partial charge >= 0.3 is 0 Å². The first kappa shape index (κ1) is 13.9. The van der Waals surface area contributed by atoms with Gasteiger partial charge in [-0.15, -0.1) is 0 Å². The zero-order valence-electron chi connectivity index (χ0n) is 12.3. The molecule has 1 fully saturated rings. The van der Waals surface area contributed by atoms with Gasteiger partial charge < -0.3 is 5.32 Å². The number of nitrogens with one attached hydrogen (secondary N) is 1. The Hall–Kier alpha value is -2.10. The Morgan fingerprint density at radius 3 is 2.90 bits per heavy atom. The largest absolute Gasteiger partial charge is 0.356 e. The fourth-order valence-electron chi connectivity index (χ4n) is 2.79. The van der Waals surface area contributed by atoms with Crippen LogP contribution in [0, 0.1) is 5.92 Å². The zero-order chi connectivity index (χ0) is 14.7. The van der Waals surface area contributed by atoms with Crippen LogP contribution in [0.5, 0.6) is 0 Å². The van der Waals surface area contributed by atoms with Crippen LogP contribution in [-0.2, 0) is 18.3 Å². The molecule has 0 aliphatic heterocycles. The number of aryl methyl sites for hydroxylation is 2. The molecule has 4 heteroatoms. The van der Waals surface area contributed by atoms with Gasteiger partial charge in [0.25, 0.3) is 0 Å². The van der Waals surface area contributed by atoms with Crippen LogP contribution in [0.15, 0.2) is 42.7 Å². The number of hydrogen-bond acceptors (Lipinski definition) is 2. The van der Waals surface area contributed by atoms with Crippen LogP contribution < -0.4 is 5.32 Å². The molecule has 2 atom stereocenters. The second-order valence-corrected chi connectivity index (χ2v) is 5.78. The molecule has 1 aliphatic rings. The van der Waals surface area contributed by atoms with E-state index in [2.05, 4.69) is 22.5 Å². The molecule has 0 spiro atoms. The van der Waals surface area contributed by atoms with Crippen molar-refractivity contribution in [3.8, 4) is 0 Å². The maximum absolute atomic E-state index is 12.1. The molecule has 1 aromatic heterocycles. The van der Waals surface area contributed by atoms with Crippen LogP contribution >= 0.6 is 0 Å². The predicted octanol–water partition coefficient (Wildman–Crippen LogP) is 2.27. The Morgan fingerprint density at radius 1 is 1.38 bits per heavy atom. The molecule has 1 amide bonds. The first-order valence-electron chi connectivity index (χ1n) is 7.54. The molecule has 0 radical (unpaired) electrons. The number of hydrogen-bond donors (Lipinski definition) is 1. The predicted molar refractivity (Wildman–Crippen MR) is 81.8 cm³/mol. The van der Waals surface area contributed by atoms with Crippen molar-refractivity contribution >= 4 is 5.91 Å². The molecule has 0 bridgehead atoms. The van der Waals surface area contributed by atoms with Crippen LogP contribution in [0.2, 0.25) is 0 Å². The fourth-order valence-corrected chi connectivity index (χ4v) is 2.79. The molecule has 3 rings (SSSR count). The lowest BCUT2D eigenvalue weighted by molar-refractivity contribution is -0.122. The summed E-state index contributed by atoms with van der Waals surface area (Å²) in [6.45, 7) is 0.742. The molecular weight excluding hydrogens is 262 g/mol. The van der Waals surface area contributed by atoms with Crippen LogP contribution in [0.25, 0.3) is 0 Å². The number of benzene rings is 1. The highest BCUT2D eigenvalue weighted by Crippen LogP contribution is 2.47. The number of rotatable bonds is 6. The molecule has 2 aromatic rings. The fraction of sp³-hybridized carbons (Fsp3) is 0.412. The van der Waals surface area contributed by atoms with E-state index in [1.807, 2.05) is 42.3 Å². The molecule has 1 aromatic carbocycles. The Bertz CT molecular complexity index is 606. The highest BCUT2D eigenvalue weighted by atomic mass is 16.2. The van der Waals surface area contributed by atoms with Gasteiger partial charge in [-0.3, -0.25) is 9.48 Å². The van der Waals surface area contributed by atoms with Gasteiger partial charge in [0.2, 0.25) is 5.91 Å². The summed E-state index contributed by atoms with van der Waals surface area (Å²) in [4.78, 5) is 12.1. The number of nitrogens with zero attached hydrogens (tertiary/aromatic N) is 2. The molecular formula is C17H21N3O. The van der Waals surface area contributed by atoms with Crippen molar-refractivity contribution < 1.29 is 4.79 Å². The normalized spacial score (nSPS) is 20.2. The Labute approximate surface area is 125 Å². The lowest BCUT2D eigenvalue weighted by Gasteiger charge is -2.04. The highest BCUT2D eigenvalue weighted by Gasteiger charge is 2.43. The first-order chi connectivity index (χ1) is 10.2. The zero-order valence-corrected chi connectivity index (χ0v) is 12.3.